The summed E-state index contributed by atoms with van der Waals surface area (Å²) in [6.07, 6.45) is -0.682. The molecule has 1 rings (SSSR count). The number of rotatable bonds is 9. The molecule has 6 nitrogen and oxygen atoms in total. The van der Waals surface area contributed by atoms with Crippen molar-refractivity contribution in [2.75, 3.05) is 33.9 Å². The number of hydrogen-bond donors (Lipinski definition) is 0. The smallest absolute Gasteiger partial charge is 0.307 e. The Morgan fingerprint density at radius 2 is 1.92 bits per heavy atom. The molecule has 8 heteroatoms. The highest BCUT2D eigenvalue weighted by molar-refractivity contribution is 6.35. The van der Waals surface area contributed by atoms with Crippen LogP contribution in [0, 0.1) is 0 Å². The highest BCUT2D eigenvalue weighted by Gasteiger charge is 2.23. The summed E-state index contributed by atoms with van der Waals surface area (Å²) in [6.45, 7) is 2.53. The molecule has 1 amide bonds. The van der Waals surface area contributed by atoms with Crippen molar-refractivity contribution in [2.45, 2.75) is 19.4 Å². The van der Waals surface area contributed by atoms with Gasteiger partial charge in [-0.05, 0) is 25.1 Å². The number of carbonyl (C=O) groups excluding carboxylic acids is 2. The van der Waals surface area contributed by atoms with Crippen LogP contribution < -0.4 is 4.74 Å². The maximum absolute atomic E-state index is 12.6. The van der Waals surface area contributed by atoms with Gasteiger partial charge in [0.05, 0.1) is 25.2 Å². The Hall–Kier alpha value is -1.50. The minimum atomic E-state index is -0.779. The van der Waals surface area contributed by atoms with Crippen molar-refractivity contribution < 1.29 is 23.8 Å². The maximum atomic E-state index is 12.6. The van der Waals surface area contributed by atoms with Crippen molar-refractivity contribution in [1.29, 1.82) is 0 Å². The van der Waals surface area contributed by atoms with E-state index in [1.165, 1.54) is 25.2 Å². The minimum Gasteiger partial charge on any atom is -0.479 e. The number of amides is 1. The first-order valence-electron chi connectivity index (χ1n) is 7.35. The Morgan fingerprint density at radius 1 is 1.21 bits per heavy atom. The van der Waals surface area contributed by atoms with Gasteiger partial charge < -0.3 is 19.1 Å². The number of ether oxygens (including phenoxy) is 3. The average molecular weight is 378 g/mol. The highest BCUT2D eigenvalue weighted by Crippen LogP contribution is 2.28. The van der Waals surface area contributed by atoms with Crippen molar-refractivity contribution in [3.63, 3.8) is 0 Å². The molecule has 0 saturated carbocycles. The molecule has 1 atom stereocenters. The first kappa shape index (κ1) is 20.5. The quantitative estimate of drug-likeness (QED) is 0.619. The summed E-state index contributed by atoms with van der Waals surface area (Å²) >= 11 is 11.9. The Balaban J connectivity index is 2.73. The molecule has 0 N–H and O–H groups in total. The molecule has 0 radical (unpaired) electrons. The van der Waals surface area contributed by atoms with E-state index in [1.807, 2.05) is 0 Å². The van der Waals surface area contributed by atoms with E-state index in [-0.39, 0.29) is 24.8 Å². The summed E-state index contributed by atoms with van der Waals surface area (Å²) in [7, 11) is 2.84. The normalized spacial score (nSPS) is 11.7. The maximum Gasteiger partial charge on any atom is 0.307 e. The van der Waals surface area contributed by atoms with Crippen LogP contribution in [0.25, 0.3) is 0 Å². The summed E-state index contributed by atoms with van der Waals surface area (Å²) in [5, 5.41) is 0.797. The fourth-order valence-corrected chi connectivity index (χ4v) is 2.38. The number of hydrogen-bond acceptors (Lipinski definition) is 5. The zero-order chi connectivity index (χ0) is 18.1. The molecular weight excluding hydrogens is 357 g/mol. The van der Waals surface area contributed by atoms with Crippen molar-refractivity contribution in [1.82, 2.24) is 4.90 Å². The SMILES string of the molecule is COCCN(CCC(=O)OC)C(=O)C(C)Oc1ccc(Cl)cc1Cl. The van der Waals surface area contributed by atoms with Crippen molar-refractivity contribution >= 4 is 35.1 Å². The molecule has 0 spiro atoms. The fourth-order valence-electron chi connectivity index (χ4n) is 1.93. The van der Waals surface area contributed by atoms with Gasteiger partial charge in [-0.1, -0.05) is 23.2 Å². The van der Waals surface area contributed by atoms with Crippen molar-refractivity contribution in [2.24, 2.45) is 0 Å². The highest BCUT2D eigenvalue weighted by atomic mass is 35.5. The second-order valence-corrected chi connectivity index (χ2v) is 5.82. The van der Waals surface area contributed by atoms with E-state index in [0.717, 1.165) is 0 Å². The molecule has 0 heterocycles. The van der Waals surface area contributed by atoms with E-state index >= 15 is 0 Å². The van der Waals surface area contributed by atoms with Crippen LogP contribution in [-0.4, -0.2) is 56.8 Å². The van der Waals surface area contributed by atoms with Gasteiger partial charge in [0.1, 0.15) is 5.75 Å². The zero-order valence-electron chi connectivity index (χ0n) is 13.9. The number of nitrogens with zero attached hydrogens (tertiary/aromatic N) is 1. The third-order valence-electron chi connectivity index (χ3n) is 3.24. The van der Waals surface area contributed by atoms with Gasteiger partial charge in [-0.3, -0.25) is 9.59 Å². The number of carbonyl (C=O) groups is 2. The summed E-state index contributed by atoms with van der Waals surface area (Å²) < 4.78 is 15.2. The molecule has 1 aromatic rings. The van der Waals surface area contributed by atoms with E-state index in [4.69, 9.17) is 32.7 Å². The summed E-state index contributed by atoms with van der Waals surface area (Å²) in [5.41, 5.74) is 0. The lowest BCUT2D eigenvalue weighted by Crippen LogP contribution is -2.43. The predicted octanol–water partition coefficient (Wildman–Crippen LogP) is 2.80. The Kier molecular flexibility index (Phi) is 8.89. The van der Waals surface area contributed by atoms with Crippen LogP contribution in [0.4, 0.5) is 0 Å². The third-order valence-corrected chi connectivity index (χ3v) is 3.77. The molecule has 134 valence electrons. The van der Waals surface area contributed by atoms with Gasteiger partial charge in [0.15, 0.2) is 6.10 Å². The molecule has 0 saturated heterocycles. The predicted molar refractivity (Wildman–Crippen MR) is 91.6 cm³/mol. The van der Waals surface area contributed by atoms with Gasteiger partial charge >= 0.3 is 5.97 Å². The number of methoxy groups -OCH3 is 2. The van der Waals surface area contributed by atoms with E-state index < -0.39 is 6.10 Å². The van der Waals surface area contributed by atoms with Gasteiger partial charge in [-0.2, -0.15) is 0 Å². The van der Waals surface area contributed by atoms with Gasteiger partial charge in [0.2, 0.25) is 0 Å². The van der Waals surface area contributed by atoms with Crippen LogP contribution in [0.5, 0.6) is 5.75 Å². The molecule has 0 bridgehead atoms. The number of halogens is 2. The minimum absolute atomic E-state index is 0.0976. The fraction of sp³-hybridized carbons (Fsp3) is 0.500. The van der Waals surface area contributed by atoms with Crippen LogP contribution >= 0.6 is 23.2 Å². The van der Waals surface area contributed by atoms with Crippen LogP contribution in [0.15, 0.2) is 18.2 Å². The molecule has 0 aliphatic carbocycles. The first-order valence-corrected chi connectivity index (χ1v) is 8.10. The van der Waals surface area contributed by atoms with Gasteiger partial charge in [-0.25, -0.2) is 0 Å². The number of benzene rings is 1. The Labute approximate surface area is 151 Å². The Morgan fingerprint density at radius 3 is 2.50 bits per heavy atom. The lowest BCUT2D eigenvalue weighted by atomic mass is 10.3. The molecule has 24 heavy (non-hydrogen) atoms. The standard InChI is InChI=1S/C16H21Cl2NO5/c1-11(24-14-5-4-12(17)10-13(14)18)16(21)19(8-9-22-2)7-6-15(20)23-3/h4-5,10-11H,6-9H2,1-3H3. The third kappa shape index (κ3) is 6.55. The second kappa shape index (κ2) is 10.4. The second-order valence-electron chi connectivity index (χ2n) is 4.98. The average Bonchev–Trinajstić information content (AvgIpc) is 2.56. The summed E-state index contributed by atoms with van der Waals surface area (Å²) in [4.78, 5) is 25.3. The van der Waals surface area contributed by atoms with Gasteiger partial charge in [-0.15, -0.1) is 0 Å². The summed E-state index contributed by atoms with van der Waals surface area (Å²) in [5.74, 6) is -0.303. The zero-order valence-corrected chi connectivity index (χ0v) is 15.4. The van der Waals surface area contributed by atoms with Crippen LogP contribution in [0.1, 0.15) is 13.3 Å². The van der Waals surface area contributed by atoms with E-state index in [0.29, 0.717) is 28.9 Å². The van der Waals surface area contributed by atoms with Crippen molar-refractivity contribution in [3.05, 3.63) is 28.2 Å². The molecule has 1 aromatic carbocycles. The van der Waals surface area contributed by atoms with Crippen LogP contribution in [0.2, 0.25) is 10.0 Å². The molecule has 0 aromatic heterocycles. The molecule has 1 unspecified atom stereocenters. The van der Waals surface area contributed by atoms with E-state index in [2.05, 4.69) is 4.74 Å². The first-order chi connectivity index (χ1) is 11.4. The van der Waals surface area contributed by atoms with Crippen LogP contribution in [0.3, 0.4) is 0 Å². The summed E-state index contributed by atoms with van der Waals surface area (Å²) in [6, 6.07) is 4.76. The lowest BCUT2D eigenvalue weighted by Gasteiger charge is -2.25. The molecule has 0 aliphatic rings. The largest absolute Gasteiger partial charge is 0.479 e. The van der Waals surface area contributed by atoms with E-state index in [9.17, 15) is 9.59 Å². The lowest BCUT2D eigenvalue weighted by molar-refractivity contribution is -0.143. The van der Waals surface area contributed by atoms with Gasteiger partial charge in [0, 0.05) is 25.2 Å². The molecular formula is C16H21Cl2NO5. The number of esters is 1. The Bertz CT molecular complexity index is 567. The molecule has 0 aliphatic heterocycles. The van der Waals surface area contributed by atoms with E-state index in [1.54, 1.807) is 19.1 Å². The molecule has 0 fully saturated rings. The monoisotopic (exact) mass is 377 g/mol. The van der Waals surface area contributed by atoms with Gasteiger partial charge in [0.25, 0.3) is 5.91 Å². The van der Waals surface area contributed by atoms with Crippen LogP contribution in [-0.2, 0) is 19.1 Å². The topological polar surface area (TPSA) is 65.1 Å². The van der Waals surface area contributed by atoms with Crippen molar-refractivity contribution in [3.8, 4) is 5.75 Å².